The van der Waals surface area contributed by atoms with Crippen molar-refractivity contribution in [3.8, 4) is 0 Å². The number of amides is 2. The van der Waals surface area contributed by atoms with Crippen LogP contribution in [-0.2, 0) is 19.6 Å². The molecule has 0 bridgehead atoms. The molecule has 6 nitrogen and oxygen atoms in total. The molecule has 1 aromatic rings. The van der Waals surface area contributed by atoms with E-state index in [1.807, 2.05) is 0 Å². The van der Waals surface area contributed by atoms with E-state index in [4.69, 9.17) is 0 Å². The summed E-state index contributed by atoms with van der Waals surface area (Å²) >= 11 is 0. The van der Waals surface area contributed by atoms with E-state index < -0.39 is 33.5 Å². The number of rotatable bonds is 0. The Kier molecular flexibility index (Phi) is 2.97. The van der Waals surface area contributed by atoms with Crippen LogP contribution in [0.25, 0.3) is 0 Å². The van der Waals surface area contributed by atoms with E-state index in [2.05, 4.69) is 4.40 Å². The lowest BCUT2D eigenvalue weighted by molar-refractivity contribution is -0.136. The summed E-state index contributed by atoms with van der Waals surface area (Å²) in [7, 11) is -4.09. The number of nitrogens with zero attached hydrogens (tertiary/aromatic N) is 2. The number of imide groups is 1. The van der Waals surface area contributed by atoms with Gasteiger partial charge < -0.3 is 0 Å². The van der Waals surface area contributed by atoms with Gasteiger partial charge in [-0.3, -0.25) is 9.59 Å². The molecule has 2 amide bonds. The van der Waals surface area contributed by atoms with Crippen molar-refractivity contribution in [2.24, 2.45) is 4.40 Å². The Morgan fingerprint density at radius 2 is 1.79 bits per heavy atom. The molecular weight excluding hydrogens is 275 g/mol. The predicted octanol–water partition coefficient (Wildman–Crippen LogP) is 0.670. The Bertz CT molecular complexity index is 710. The Labute approximate surface area is 108 Å². The van der Waals surface area contributed by atoms with E-state index in [1.165, 1.54) is 12.1 Å². The fourth-order valence-electron chi connectivity index (χ4n) is 1.82. The third kappa shape index (κ3) is 2.03. The number of hydrogen-bond donors (Lipinski definition) is 0. The van der Waals surface area contributed by atoms with Crippen molar-refractivity contribution in [1.29, 1.82) is 0 Å². The quantitative estimate of drug-likeness (QED) is 0.701. The summed E-state index contributed by atoms with van der Waals surface area (Å²) in [5.74, 6) is -2.83. The SMILES string of the molecule is CC(=O)N(C(C)=O)C1=NS(=O)(=O)c2cccc(F)c21. The highest BCUT2D eigenvalue weighted by Crippen LogP contribution is 2.29. The number of hydrogen-bond acceptors (Lipinski definition) is 4. The Hall–Kier alpha value is -2.09. The van der Waals surface area contributed by atoms with Gasteiger partial charge in [-0.2, -0.15) is 8.42 Å². The average Bonchev–Trinajstić information content (AvgIpc) is 2.51. The minimum Gasteiger partial charge on any atom is -0.274 e. The summed E-state index contributed by atoms with van der Waals surface area (Å²) in [4.78, 5) is 23.0. The van der Waals surface area contributed by atoms with E-state index in [0.717, 1.165) is 19.9 Å². The topological polar surface area (TPSA) is 83.9 Å². The van der Waals surface area contributed by atoms with Crippen LogP contribution in [-0.4, -0.2) is 31.0 Å². The summed E-state index contributed by atoms with van der Waals surface area (Å²) in [5, 5.41) is 0. The van der Waals surface area contributed by atoms with Crippen molar-refractivity contribution >= 4 is 27.7 Å². The number of benzene rings is 1. The van der Waals surface area contributed by atoms with Gasteiger partial charge in [-0.15, -0.1) is 4.40 Å². The van der Waals surface area contributed by atoms with Crippen LogP contribution in [0.4, 0.5) is 4.39 Å². The lowest BCUT2D eigenvalue weighted by Crippen LogP contribution is -2.39. The highest BCUT2D eigenvalue weighted by molar-refractivity contribution is 7.90. The molecule has 0 saturated heterocycles. The molecule has 0 fully saturated rings. The van der Waals surface area contributed by atoms with Crippen LogP contribution < -0.4 is 0 Å². The van der Waals surface area contributed by atoms with E-state index in [9.17, 15) is 22.4 Å². The first-order valence-electron chi connectivity index (χ1n) is 5.21. The average molecular weight is 284 g/mol. The van der Waals surface area contributed by atoms with E-state index in [-0.39, 0.29) is 10.5 Å². The zero-order valence-electron chi connectivity index (χ0n) is 10.0. The van der Waals surface area contributed by atoms with Gasteiger partial charge in [-0.25, -0.2) is 9.29 Å². The lowest BCUT2D eigenvalue weighted by atomic mass is 10.1. The third-order valence-electron chi connectivity index (χ3n) is 2.53. The van der Waals surface area contributed by atoms with Crippen molar-refractivity contribution in [2.45, 2.75) is 18.7 Å². The van der Waals surface area contributed by atoms with E-state index >= 15 is 0 Å². The molecule has 0 saturated carbocycles. The Balaban J connectivity index is 2.76. The summed E-state index contributed by atoms with van der Waals surface area (Å²) < 4.78 is 40.6. The number of sulfonamides is 1. The fourth-order valence-corrected chi connectivity index (χ4v) is 3.01. The second-order valence-corrected chi connectivity index (χ2v) is 5.45. The largest absolute Gasteiger partial charge is 0.285 e. The molecule has 0 spiro atoms. The molecule has 0 N–H and O–H groups in total. The minimum atomic E-state index is -4.09. The standard InChI is InChI=1S/C11H9FN2O4S/c1-6(15)14(7(2)16)11-10-8(12)4-3-5-9(10)19(17,18)13-11/h3-5H,1-2H3. The molecule has 1 aromatic carbocycles. The molecule has 8 heteroatoms. The molecule has 100 valence electrons. The van der Waals surface area contributed by atoms with Gasteiger partial charge in [-0.05, 0) is 12.1 Å². The van der Waals surface area contributed by atoms with Gasteiger partial charge >= 0.3 is 0 Å². The number of amidine groups is 1. The summed E-state index contributed by atoms with van der Waals surface area (Å²) in [5.41, 5.74) is -0.354. The molecule has 19 heavy (non-hydrogen) atoms. The van der Waals surface area contributed by atoms with Gasteiger partial charge in [0.15, 0.2) is 5.84 Å². The number of fused-ring (bicyclic) bond motifs is 1. The van der Waals surface area contributed by atoms with Crippen LogP contribution in [0.1, 0.15) is 19.4 Å². The van der Waals surface area contributed by atoms with Crippen molar-refractivity contribution in [3.63, 3.8) is 0 Å². The fraction of sp³-hybridized carbons (Fsp3) is 0.182. The molecule has 0 aliphatic carbocycles. The van der Waals surface area contributed by atoms with Crippen LogP contribution in [0.2, 0.25) is 0 Å². The zero-order valence-corrected chi connectivity index (χ0v) is 10.9. The molecule has 1 heterocycles. The normalized spacial score (nSPS) is 15.6. The summed E-state index contributed by atoms with van der Waals surface area (Å²) in [6, 6.07) is 3.42. The maximum atomic E-state index is 13.8. The van der Waals surface area contributed by atoms with Crippen LogP contribution in [0, 0.1) is 5.82 Å². The summed E-state index contributed by atoms with van der Waals surface area (Å²) in [6.45, 7) is 2.13. The molecule has 0 unspecified atom stereocenters. The molecule has 2 rings (SSSR count). The molecule has 0 aromatic heterocycles. The molecule has 1 aliphatic heterocycles. The van der Waals surface area contributed by atoms with Crippen LogP contribution >= 0.6 is 0 Å². The summed E-state index contributed by atoms with van der Waals surface area (Å²) in [6.07, 6.45) is 0. The number of carbonyl (C=O) groups is 2. The van der Waals surface area contributed by atoms with E-state index in [1.54, 1.807) is 0 Å². The van der Waals surface area contributed by atoms with Gasteiger partial charge in [0, 0.05) is 13.8 Å². The van der Waals surface area contributed by atoms with Gasteiger partial charge in [0.25, 0.3) is 10.0 Å². The van der Waals surface area contributed by atoms with Crippen LogP contribution in [0.3, 0.4) is 0 Å². The maximum absolute atomic E-state index is 13.8. The van der Waals surface area contributed by atoms with Crippen molar-refractivity contribution in [1.82, 2.24) is 4.90 Å². The zero-order chi connectivity index (χ0) is 14.4. The predicted molar refractivity (Wildman–Crippen MR) is 63.3 cm³/mol. The van der Waals surface area contributed by atoms with Gasteiger partial charge in [0.05, 0.1) is 5.56 Å². The Morgan fingerprint density at radius 3 is 2.32 bits per heavy atom. The molecule has 0 atom stereocenters. The van der Waals surface area contributed by atoms with E-state index in [0.29, 0.717) is 4.90 Å². The van der Waals surface area contributed by atoms with Crippen molar-refractivity contribution in [2.75, 3.05) is 0 Å². The molecular formula is C11H9FN2O4S. The highest BCUT2D eigenvalue weighted by Gasteiger charge is 2.37. The monoisotopic (exact) mass is 284 g/mol. The van der Waals surface area contributed by atoms with Crippen molar-refractivity contribution < 1.29 is 22.4 Å². The van der Waals surface area contributed by atoms with Gasteiger partial charge in [-0.1, -0.05) is 6.07 Å². The highest BCUT2D eigenvalue weighted by atomic mass is 32.2. The maximum Gasteiger partial charge on any atom is 0.285 e. The number of carbonyl (C=O) groups excluding carboxylic acids is 2. The third-order valence-corrected chi connectivity index (χ3v) is 3.83. The Morgan fingerprint density at radius 1 is 1.21 bits per heavy atom. The molecule has 0 radical (unpaired) electrons. The lowest BCUT2D eigenvalue weighted by Gasteiger charge is -2.16. The molecule has 1 aliphatic rings. The first kappa shape index (κ1) is 13.3. The van der Waals surface area contributed by atoms with Crippen LogP contribution in [0.15, 0.2) is 27.5 Å². The second-order valence-electron chi connectivity index (χ2n) is 3.88. The number of halogens is 1. The van der Waals surface area contributed by atoms with Gasteiger partial charge in [0.2, 0.25) is 11.8 Å². The first-order chi connectivity index (χ1) is 8.75. The minimum absolute atomic E-state index is 0.352. The van der Waals surface area contributed by atoms with Crippen molar-refractivity contribution in [3.05, 3.63) is 29.6 Å². The van der Waals surface area contributed by atoms with Gasteiger partial charge in [0.1, 0.15) is 10.7 Å². The van der Waals surface area contributed by atoms with Crippen LogP contribution in [0.5, 0.6) is 0 Å². The smallest absolute Gasteiger partial charge is 0.274 e. The first-order valence-corrected chi connectivity index (χ1v) is 6.65. The second kappa shape index (κ2) is 4.23.